The molecule has 0 radical (unpaired) electrons. The van der Waals surface area contributed by atoms with Crippen molar-refractivity contribution in [2.24, 2.45) is 0 Å². The van der Waals surface area contributed by atoms with Crippen LogP contribution in [-0.4, -0.2) is 66.9 Å². The normalized spacial score (nSPS) is 13.8. The summed E-state index contributed by atoms with van der Waals surface area (Å²) in [6.07, 6.45) is 4.00. The number of hydrogen-bond donors (Lipinski definition) is 2. The number of hydrogen-bond acceptors (Lipinski definition) is 5. The lowest BCUT2D eigenvalue weighted by atomic mass is 10.0. The Labute approximate surface area is 188 Å². The first kappa shape index (κ1) is 21.9. The molecule has 1 saturated heterocycles. The topological polar surface area (TPSA) is 70.0 Å². The van der Waals surface area contributed by atoms with Crippen LogP contribution in [0, 0.1) is 0 Å². The van der Waals surface area contributed by atoms with Gasteiger partial charge in [0.15, 0.2) is 0 Å². The van der Waals surface area contributed by atoms with Crippen molar-refractivity contribution in [3.63, 3.8) is 0 Å². The second-order valence-corrected chi connectivity index (χ2v) is 8.27. The molecule has 3 aromatic rings. The second-order valence-electron chi connectivity index (χ2n) is 8.27. The highest BCUT2D eigenvalue weighted by molar-refractivity contribution is 6.00. The summed E-state index contributed by atoms with van der Waals surface area (Å²) in [4.78, 5) is 17.3. The van der Waals surface area contributed by atoms with Crippen LogP contribution in [0.1, 0.15) is 15.9 Å². The lowest BCUT2D eigenvalue weighted by Gasteiger charge is -2.41. The summed E-state index contributed by atoms with van der Waals surface area (Å²) < 4.78 is 8.07. The van der Waals surface area contributed by atoms with Crippen molar-refractivity contribution < 1.29 is 14.6 Å². The van der Waals surface area contributed by atoms with Gasteiger partial charge in [-0.1, -0.05) is 18.2 Å². The summed E-state index contributed by atoms with van der Waals surface area (Å²) >= 11 is 0. The number of aromatic nitrogens is 1. The average Bonchev–Trinajstić information content (AvgIpc) is 3.30. The number of amides is 1. The summed E-state index contributed by atoms with van der Waals surface area (Å²) in [6.45, 7) is 2.88. The molecule has 4 rings (SSSR count). The molecule has 7 heteroatoms. The van der Waals surface area contributed by atoms with Gasteiger partial charge in [-0.05, 0) is 56.1 Å². The smallest absolute Gasteiger partial charge is 0.253 e. The number of aliphatic hydroxyl groups is 1. The van der Waals surface area contributed by atoms with Gasteiger partial charge in [0.1, 0.15) is 11.9 Å². The molecule has 1 aliphatic rings. The predicted octanol–water partition coefficient (Wildman–Crippen LogP) is 2.53. The van der Waals surface area contributed by atoms with E-state index in [0.717, 1.165) is 42.3 Å². The Morgan fingerprint density at radius 1 is 1.09 bits per heavy atom. The largest absolute Gasteiger partial charge is 0.487 e. The number of nitrogens with one attached hydrogen (secondary N) is 1. The van der Waals surface area contributed by atoms with Crippen molar-refractivity contribution in [3.05, 3.63) is 78.1 Å². The van der Waals surface area contributed by atoms with Crippen LogP contribution in [0.25, 0.3) is 5.69 Å². The maximum absolute atomic E-state index is 13.0. The summed E-state index contributed by atoms with van der Waals surface area (Å²) in [6, 6.07) is 17.3. The molecule has 0 bridgehead atoms. The molecule has 7 nitrogen and oxygen atoms in total. The van der Waals surface area contributed by atoms with E-state index in [4.69, 9.17) is 4.74 Å². The highest BCUT2D eigenvalue weighted by Crippen LogP contribution is 2.32. The Bertz CT molecular complexity index is 1030. The van der Waals surface area contributed by atoms with Crippen LogP contribution in [0.15, 0.2) is 67.0 Å². The molecule has 0 aliphatic carbocycles. The summed E-state index contributed by atoms with van der Waals surface area (Å²) in [5, 5.41) is 12.2. The van der Waals surface area contributed by atoms with Crippen LogP contribution in [0.2, 0.25) is 0 Å². The molecule has 1 aliphatic heterocycles. The number of carbonyl (C=O) groups is 1. The van der Waals surface area contributed by atoms with E-state index in [1.165, 1.54) is 0 Å². The van der Waals surface area contributed by atoms with Gasteiger partial charge in [0.05, 0.1) is 36.6 Å². The Balaban J connectivity index is 1.49. The van der Waals surface area contributed by atoms with Crippen LogP contribution in [0.5, 0.6) is 5.75 Å². The number of anilines is 1. The third kappa shape index (κ3) is 4.95. The molecule has 2 N–H and O–H groups in total. The van der Waals surface area contributed by atoms with E-state index in [-0.39, 0.29) is 18.6 Å². The minimum absolute atomic E-state index is 0.0265. The Kier molecular flexibility index (Phi) is 6.78. The maximum atomic E-state index is 13.0. The fourth-order valence-corrected chi connectivity index (χ4v) is 3.79. The molecule has 2 aromatic carbocycles. The van der Waals surface area contributed by atoms with Gasteiger partial charge in [0.25, 0.3) is 5.91 Å². The van der Waals surface area contributed by atoms with Crippen molar-refractivity contribution in [1.29, 1.82) is 0 Å². The molecule has 1 amide bonds. The van der Waals surface area contributed by atoms with E-state index < -0.39 is 0 Å². The number of nitrogens with zero attached hydrogens (tertiary/aromatic N) is 3. The standard InChI is InChI=1S/C25H30N4O3/c1-27(2)15-12-26-25(31)22-6-5-7-23(24(22)28-13-3-4-14-28)29-16-21(17-29)32-20-10-8-19(18-30)9-11-20/h3-11,13-14,21,30H,12,15-18H2,1-2H3,(H,26,31). The lowest BCUT2D eigenvalue weighted by Crippen LogP contribution is -2.54. The zero-order valence-corrected chi connectivity index (χ0v) is 18.6. The molecule has 1 fully saturated rings. The van der Waals surface area contributed by atoms with E-state index in [1.54, 1.807) is 0 Å². The summed E-state index contributed by atoms with van der Waals surface area (Å²) in [5.74, 6) is 0.723. The summed E-state index contributed by atoms with van der Waals surface area (Å²) in [5.41, 5.74) is 3.41. The van der Waals surface area contributed by atoms with Gasteiger partial charge >= 0.3 is 0 Å². The van der Waals surface area contributed by atoms with Crippen molar-refractivity contribution in [3.8, 4) is 11.4 Å². The fourth-order valence-electron chi connectivity index (χ4n) is 3.79. The van der Waals surface area contributed by atoms with Crippen molar-refractivity contribution in [2.75, 3.05) is 45.2 Å². The Morgan fingerprint density at radius 3 is 2.47 bits per heavy atom. The van der Waals surface area contributed by atoms with Gasteiger partial charge in [-0.2, -0.15) is 0 Å². The second kappa shape index (κ2) is 9.89. The highest BCUT2D eigenvalue weighted by atomic mass is 16.5. The predicted molar refractivity (Wildman–Crippen MR) is 126 cm³/mol. The number of ether oxygens (including phenoxy) is 1. The summed E-state index contributed by atoms with van der Waals surface area (Å²) in [7, 11) is 3.97. The molecule has 168 valence electrons. The minimum Gasteiger partial charge on any atom is -0.487 e. The van der Waals surface area contributed by atoms with Gasteiger partial charge in [0, 0.05) is 25.5 Å². The van der Waals surface area contributed by atoms with Crippen molar-refractivity contribution >= 4 is 11.6 Å². The Hall–Kier alpha value is -3.29. The quantitative estimate of drug-likeness (QED) is 0.542. The van der Waals surface area contributed by atoms with E-state index >= 15 is 0 Å². The van der Waals surface area contributed by atoms with Crippen LogP contribution in [-0.2, 0) is 6.61 Å². The van der Waals surface area contributed by atoms with E-state index in [9.17, 15) is 9.90 Å². The fraction of sp³-hybridized carbons (Fsp3) is 0.320. The van der Waals surface area contributed by atoms with E-state index in [0.29, 0.717) is 12.1 Å². The number of carbonyl (C=O) groups excluding carboxylic acids is 1. The molecule has 32 heavy (non-hydrogen) atoms. The Morgan fingerprint density at radius 2 is 1.81 bits per heavy atom. The van der Waals surface area contributed by atoms with E-state index in [2.05, 4.69) is 16.3 Å². The van der Waals surface area contributed by atoms with Gasteiger partial charge < -0.3 is 29.5 Å². The van der Waals surface area contributed by atoms with Gasteiger partial charge in [-0.25, -0.2) is 0 Å². The van der Waals surface area contributed by atoms with Gasteiger partial charge in [0.2, 0.25) is 0 Å². The molecule has 0 unspecified atom stereocenters. The zero-order valence-electron chi connectivity index (χ0n) is 18.6. The first-order valence-electron chi connectivity index (χ1n) is 10.9. The molecular weight excluding hydrogens is 404 g/mol. The monoisotopic (exact) mass is 434 g/mol. The average molecular weight is 435 g/mol. The molecular formula is C25H30N4O3. The lowest BCUT2D eigenvalue weighted by molar-refractivity contribution is 0.0951. The van der Waals surface area contributed by atoms with Crippen LogP contribution in [0.4, 0.5) is 5.69 Å². The number of rotatable bonds is 9. The number of likely N-dealkylation sites (N-methyl/N-ethyl adjacent to an activating group) is 1. The van der Waals surface area contributed by atoms with Crippen molar-refractivity contribution in [1.82, 2.24) is 14.8 Å². The molecule has 0 atom stereocenters. The van der Waals surface area contributed by atoms with Gasteiger partial charge in [-0.15, -0.1) is 0 Å². The van der Waals surface area contributed by atoms with Crippen LogP contribution >= 0.6 is 0 Å². The number of aliphatic hydroxyl groups excluding tert-OH is 1. The first-order valence-corrected chi connectivity index (χ1v) is 10.9. The minimum atomic E-state index is -0.0744. The number of benzene rings is 2. The third-order valence-electron chi connectivity index (χ3n) is 5.56. The SMILES string of the molecule is CN(C)CCNC(=O)c1cccc(N2CC(Oc3ccc(CO)cc3)C2)c1-n1cccc1. The van der Waals surface area contributed by atoms with Crippen LogP contribution in [0.3, 0.4) is 0 Å². The number of para-hydroxylation sites is 1. The highest BCUT2D eigenvalue weighted by Gasteiger charge is 2.31. The first-order chi connectivity index (χ1) is 15.5. The molecule has 0 saturated carbocycles. The maximum Gasteiger partial charge on any atom is 0.253 e. The van der Waals surface area contributed by atoms with Crippen molar-refractivity contribution in [2.45, 2.75) is 12.7 Å². The molecule has 1 aromatic heterocycles. The third-order valence-corrected chi connectivity index (χ3v) is 5.56. The van der Waals surface area contributed by atoms with Gasteiger partial charge in [-0.3, -0.25) is 4.79 Å². The van der Waals surface area contributed by atoms with E-state index in [1.807, 2.05) is 84.5 Å². The zero-order chi connectivity index (χ0) is 22.5. The molecule has 0 spiro atoms. The van der Waals surface area contributed by atoms with Crippen LogP contribution < -0.4 is 15.0 Å². The molecule has 2 heterocycles.